The third kappa shape index (κ3) is 5.19. The maximum atomic E-state index is 12.9. The van der Waals surface area contributed by atoms with Gasteiger partial charge in [0, 0.05) is 7.05 Å². The fraction of sp³-hybridized carbons (Fsp3) is 0.435. The minimum absolute atomic E-state index is 0.0705. The lowest BCUT2D eigenvalue weighted by molar-refractivity contribution is -0.158. The molecule has 31 heavy (non-hydrogen) atoms. The van der Waals surface area contributed by atoms with Gasteiger partial charge in [0.05, 0.1) is 18.6 Å². The van der Waals surface area contributed by atoms with Gasteiger partial charge in [0.2, 0.25) is 0 Å². The van der Waals surface area contributed by atoms with Gasteiger partial charge in [-0.1, -0.05) is 30.3 Å². The average molecular weight is 441 g/mol. The molecule has 0 amide bonds. The highest BCUT2D eigenvalue weighted by Gasteiger charge is 2.42. The summed E-state index contributed by atoms with van der Waals surface area (Å²) in [5, 5.41) is 9.56. The Bertz CT molecular complexity index is 993. The minimum Gasteiger partial charge on any atom is -0.466 e. The molecule has 0 radical (unpaired) electrons. The molecule has 3 heterocycles. The van der Waals surface area contributed by atoms with Gasteiger partial charge in [-0.3, -0.25) is 9.69 Å². The van der Waals surface area contributed by atoms with E-state index in [1.54, 1.807) is 6.33 Å². The Hall–Kier alpha value is -2.58. The third-order valence-electron chi connectivity index (χ3n) is 5.79. The van der Waals surface area contributed by atoms with Crippen molar-refractivity contribution in [3.05, 3.63) is 60.1 Å². The molecule has 1 fully saturated rings. The van der Waals surface area contributed by atoms with E-state index in [9.17, 15) is 4.79 Å². The number of carbonyl (C=O) groups excluding carboxylic acids is 1. The fourth-order valence-corrected chi connectivity index (χ4v) is 4.78. The van der Waals surface area contributed by atoms with Gasteiger partial charge in [0.1, 0.15) is 12.1 Å². The molecule has 1 aliphatic heterocycles. The Morgan fingerprint density at radius 1 is 1.19 bits per heavy atom. The van der Waals surface area contributed by atoms with Crippen LogP contribution in [0, 0.1) is 5.41 Å². The van der Waals surface area contributed by atoms with E-state index in [-0.39, 0.29) is 5.97 Å². The average Bonchev–Trinajstić information content (AvgIpc) is 3.39. The first-order valence-electron chi connectivity index (χ1n) is 10.6. The normalized spacial score (nSPS) is 16.3. The molecule has 164 valence electrons. The molecular formula is C23H28N4O3S. The zero-order valence-electron chi connectivity index (χ0n) is 18.0. The lowest BCUT2D eigenvalue weighted by Crippen LogP contribution is -2.46. The monoisotopic (exact) mass is 440 g/mol. The number of hydrogen-bond acceptors (Lipinski definition) is 7. The summed E-state index contributed by atoms with van der Waals surface area (Å²) < 4.78 is 13.3. The number of hydrogen-bond donors (Lipinski definition) is 0. The van der Waals surface area contributed by atoms with Crippen LogP contribution in [0.2, 0.25) is 0 Å². The highest BCUT2D eigenvalue weighted by atomic mass is 32.2. The molecule has 0 N–H and O–H groups in total. The summed E-state index contributed by atoms with van der Waals surface area (Å²) in [6.45, 7) is 4.67. The smallest absolute Gasteiger partial charge is 0.312 e. The Labute approximate surface area is 186 Å². The van der Waals surface area contributed by atoms with E-state index in [1.807, 2.05) is 48.9 Å². The van der Waals surface area contributed by atoms with Crippen molar-refractivity contribution in [3.63, 3.8) is 0 Å². The molecular weight excluding hydrogens is 412 g/mol. The first-order chi connectivity index (χ1) is 15.1. The summed E-state index contributed by atoms with van der Waals surface area (Å²) >= 11 is 1.46. The molecule has 1 saturated heterocycles. The fourth-order valence-electron chi connectivity index (χ4n) is 4.04. The van der Waals surface area contributed by atoms with Crippen LogP contribution >= 0.6 is 11.8 Å². The number of piperidine rings is 1. The van der Waals surface area contributed by atoms with Crippen LogP contribution in [-0.2, 0) is 29.5 Å². The van der Waals surface area contributed by atoms with Crippen LogP contribution in [0.5, 0.6) is 0 Å². The second-order valence-electron chi connectivity index (χ2n) is 7.99. The van der Waals surface area contributed by atoms with Crippen molar-refractivity contribution >= 4 is 17.7 Å². The molecule has 8 heteroatoms. The van der Waals surface area contributed by atoms with E-state index < -0.39 is 5.41 Å². The molecule has 0 spiro atoms. The zero-order chi connectivity index (χ0) is 21.7. The SMILES string of the molecule is CCOC(=O)C1(Cc2ccccc2)CCN(Cc2ccc(Sc3nncn3C)o2)CC1. The number of furan rings is 1. The minimum atomic E-state index is -0.455. The van der Waals surface area contributed by atoms with Gasteiger partial charge in [-0.05, 0) is 68.7 Å². The first-order valence-corrected chi connectivity index (χ1v) is 11.4. The van der Waals surface area contributed by atoms with Gasteiger partial charge in [-0.2, -0.15) is 0 Å². The van der Waals surface area contributed by atoms with Gasteiger partial charge in [-0.25, -0.2) is 0 Å². The van der Waals surface area contributed by atoms with Crippen LogP contribution in [0.3, 0.4) is 0 Å². The quantitative estimate of drug-likeness (QED) is 0.491. The van der Waals surface area contributed by atoms with E-state index in [2.05, 4.69) is 27.2 Å². The van der Waals surface area contributed by atoms with Gasteiger partial charge in [-0.15, -0.1) is 10.2 Å². The van der Waals surface area contributed by atoms with Gasteiger partial charge in [0.25, 0.3) is 0 Å². The molecule has 4 rings (SSSR count). The highest BCUT2D eigenvalue weighted by Crippen LogP contribution is 2.37. The van der Waals surface area contributed by atoms with Crippen molar-refractivity contribution in [3.8, 4) is 0 Å². The van der Waals surface area contributed by atoms with Crippen LogP contribution in [0.4, 0.5) is 0 Å². The van der Waals surface area contributed by atoms with Crippen molar-refractivity contribution in [1.29, 1.82) is 0 Å². The van der Waals surface area contributed by atoms with E-state index in [1.165, 1.54) is 17.3 Å². The molecule has 1 aliphatic rings. The van der Waals surface area contributed by atoms with Crippen molar-refractivity contribution in [1.82, 2.24) is 19.7 Å². The van der Waals surface area contributed by atoms with Crippen molar-refractivity contribution in [2.75, 3.05) is 19.7 Å². The Balaban J connectivity index is 1.38. The number of rotatable bonds is 8. The van der Waals surface area contributed by atoms with Crippen LogP contribution in [0.15, 0.2) is 63.5 Å². The van der Waals surface area contributed by atoms with Gasteiger partial charge < -0.3 is 13.7 Å². The molecule has 0 saturated carbocycles. The molecule has 0 aliphatic carbocycles. The highest BCUT2D eigenvalue weighted by molar-refractivity contribution is 7.99. The van der Waals surface area contributed by atoms with Crippen LogP contribution in [0.1, 0.15) is 31.1 Å². The van der Waals surface area contributed by atoms with E-state index >= 15 is 0 Å². The molecule has 0 atom stereocenters. The number of benzene rings is 1. The number of likely N-dealkylation sites (tertiary alicyclic amines) is 1. The number of nitrogens with zero attached hydrogens (tertiary/aromatic N) is 4. The lowest BCUT2D eigenvalue weighted by Gasteiger charge is -2.39. The summed E-state index contributed by atoms with van der Waals surface area (Å²) in [5.74, 6) is 0.843. The zero-order valence-corrected chi connectivity index (χ0v) is 18.8. The number of carbonyl (C=O) groups is 1. The van der Waals surface area contributed by atoms with Crippen molar-refractivity contribution in [2.45, 2.75) is 43.0 Å². The van der Waals surface area contributed by atoms with E-state index in [0.29, 0.717) is 6.61 Å². The van der Waals surface area contributed by atoms with E-state index in [4.69, 9.17) is 9.15 Å². The maximum Gasteiger partial charge on any atom is 0.312 e. The van der Waals surface area contributed by atoms with Gasteiger partial charge >= 0.3 is 5.97 Å². The number of aryl methyl sites for hydroxylation is 1. The number of ether oxygens (including phenoxy) is 1. The third-order valence-corrected chi connectivity index (χ3v) is 6.76. The van der Waals surface area contributed by atoms with E-state index in [0.717, 1.165) is 54.9 Å². The molecule has 1 aromatic carbocycles. The molecule has 0 unspecified atom stereocenters. The summed E-state index contributed by atoms with van der Waals surface area (Å²) in [6, 6.07) is 14.2. The summed E-state index contributed by atoms with van der Waals surface area (Å²) in [7, 11) is 1.91. The van der Waals surface area contributed by atoms with Crippen LogP contribution < -0.4 is 0 Å². The largest absolute Gasteiger partial charge is 0.466 e. The molecule has 0 bridgehead atoms. The summed E-state index contributed by atoms with van der Waals surface area (Å²) in [4.78, 5) is 15.2. The number of aromatic nitrogens is 3. The van der Waals surface area contributed by atoms with Crippen LogP contribution in [-0.4, -0.2) is 45.3 Å². The lowest BCUT2D eigenvalue weighted by atomic mass is 9.73. The second kappa shape index (κ2) is 9.70. The molecule has 7 nitrogen and oxygen atoms in total. The van der Waals surface area contributed by atoms with Crippen LogP contribution in [0.25, 0.3) is 0 Å². The van der Waals surface area contributed by atoms with Crippen molar-refractivity contribution < 1.29 is 13.9 Å². The van der Waals surface area contributed by atoms with Crippen molar-refractivity contribution in [2.24, 2.45) is 12.5 Å². The maximum absolute atomic E-state index is 12.9. The molecule has 3 aromatic rings. The Morgan fingerprint density at radius 3 is 2.65 bits per heavy atom. The Kier molecular flexibility index (Phi) is 6.77. The van der Waals surface area contributed by atoms with Gasteiger partial charge in [0.15, 0.2) is 10.2 Å². The summed E-state index contributed by atoms with van der Waals surface area (Å²) in [5.41, 5.74) is 0.726. The summed E-state index contributed by atoms with van der Waals surface area (Å²) in [6.07, 6.45) is 3.95. The predicted molar refractivity (Wildman–Crippen MR) is 118 cm³/mol. The number of esters is 1. The predicted octanol–water partition coefficient (Wildman–Crippen LogP) is 3.95. The topological polar surface area (TPSA) is 73.4 Å². The first kappa shape index (κ1) is 21.6. The molecule has 2 aromatic heterocycles. The Morgan fingerprint density at radius 2 is 1.97 bits per heavy atom. The second-order valence-corrected chi connectivity index (χ2v) is 8.96. The standard InChI is InChI=1S/C23H28N4O3S/c1-3-29-21(28)23(15-18-7-5-4-6-8-18)11-13-27(14-12-23)16-19-9-10-20(30-19)31-22-25-24-17-26(22)2/h4-10,17H,3,11-16H2,1-2H3.